The summed E-state index contributed by atoms with van der Waals surface area (Å²) in [6.07, 6.45) is 7.29. The minimum Gasteiger partial charge on any atom is -0.366 e. The van der Waals surface area contributed by atoms with Crippen LogP contribution in [0.2, 0.25) is 0 Å². The van der Waals surface area contributed by atoms with Crippen molar-refractivity contribution in [2.75, 3.05) is 6.54 Å². The van der Waals surface area contributed by atoms with Gasteiger partial charge in [0.15, 0.2) is 0 Å². The molecule has 1 aromatic heterocycles. The highest BCUT2D eigenvalue weighted by atomic mass is 16.1. The van der Waals surface area contributed by atoms with Crippen LogP contribution in [0.4, 0.5) is 0 Å². The highest BCUT2D eigenvalue weighted by Gasteiger charge is 2.05. The van der Waals surface area contributed by atoms with Crippen molar-refractivity contribution >= 4 is 16.8 Å². The Bertz CT molecular complexity index is 880. The van der Waals surface area contributed by atoms with Crippen LogP contribution in [-0.2, 0) is 13.1 Å². The summed E-state index contributed by atoms with van der Waals surface area (Å²) in [4.78, 5) is 11.2. The van der Waals surface area contributed by atoms with E-state index >= 15 is 0 Å². The molecule has 142 valence electrons. The molecule has 0 aliphatic heterocycles. The highest BCUT2D eigenvalue weighted by Crippen LogP contribution is 2.19. The standard InChI is InChI=1S/C23H29N3O/c1-2-3-4-5-13-25-16-19-8-11-22-21(15-19)12-14-26(22)17-18-6-9-20(10-7-18)23(24)27/h6-12,14-15,25H,2-5,13,16-17H2,1H3,(H2,24,27). The maximum absolute atomic E-state index is 11.2. The van der Waals surface area contributed by atoms with Crippen molar-refractivity contribution < 1.29 is 4.79 Å². The zero-order chi connectivity index (χ0) is 19.1. The largest absolute Gasteiger partial charge is 0.366 e. The smallest absolute Gasteiger partial charge is 0.248 e. The first-order valence-corrected chi connectivity index (χ1v) is 9.84. The lowest BCUT2D eigenvalue weighted by molar-refractivity contribution is 0.100. The monoisotopic (exact) mass is 363 g/mol. The molecule has 3 aromatic rings. The van der Waals surface area contributed by atoms with Crippen LogP contribution in [-0.4, -0.2) is 17.0 Å². The molecule has 0 saturated carbocycles. The fraction of sp³-hybridized carbons (Fsp3) is 0.348. The summed E-state index contributed by atoms with van der Waals surface area (Å²) in [5.41, 5.74) is 9.54. The van der Waals surface area contributed by atoms with Crippen molar-refractivity contribution in [3.05, 3.63) is 71.4 Å². The number of aromatic nitrogens is 1. The molecule has 3 N–H and O–H groups in total. The summed E-state index contributed by atoms with van der Waals surface area (Å²) in [5, 5.41) is 4.80. The van der Waals surface area contributed by atoms with Crippen molar-refractivity contribution in [1.29, 1.82) is 0 Å². The summed E-state index contributed by atoms with van der Waals surface area (Å²) in [5.74, 6) is -0.389. The van der Waals surface area contributed by atoms with E-state index in [9.17, 15) is 4.79 Å². The number of nitrogens with zero attached hydrogens (tertiary/aromatic N) is 1. The maximum atomic E-state index is 11.2. The van der Waals surface area contributed by atoms with Gasteiger partial charge in [-0.25, -0.2) is 0 Å². The van der Waals surface area contributed by atoms with E-state index in [1.165, 1.54) is 42.1 Å². The molecule has 0 bridgehead atoms. The molecule has 0 fully saturated rings. The molecule has 0 radical (unpaired) electrons. The minimum absolute atomic E-state index is 0.389. The lowest BCUT2D eigenvalue weighted by Crippen LogP contribution is -2.14. The molecule has 27 heavy (non-hydrogen) atoms. The molecule has 0 spiro atoms. The Morgan fingerprint density at radius 3 is 2.52 bits per heavy atom. The van der Waals surface area contributed by atoms with Gasteiger partial charge in [0.2, 0.25) is 5.91 Å². The van der Waals surface area contributed by atoms with E-state index in [0.717, 1.165) is 25.2 Å². The van der Waals surface area contributed by atoms with E-state index in [0.29, 0.717) is 5.56 Å². The molecule has 0 saturated heterocycles. The summed E-state index contributed by atoms with van der Waals surface area (Å²) < 4.78 is 2.23. The number of nitrogens with one attached hydrogen (secondary N) is 1. The Kier molecular flexibility index (Phi) is 6.66. The van der Waals surface area contributed by atoms with E-state index in [2.05, 4.69) is 47.3 Å². The van der Waals surface area contributed by atoms with Gasteiger partial charge in [0.1, 0.15) is 0 Å². The molecule has 3 rings (SSSR count). The van der Waals surface area contributed by atoms with E-state index in [-0.39, 0.29) is 5.91 Å². The molecule has 2 aromatic carbocycles. The second-order valence-corrected chi connectivity index (χ2v) is 7.14. The summed E-state index contributed by atoms with van der Waals surface area (Å²) in [6.45, 7) is 5.02. The van der Waals surface area contributed by atoms with Crippen LogP contribution in [0.3, 0.4) is 0 Å². The van der Waals surface area contributed by atoms with Crippen LogP contribution in [0.25, 0.3) is 10.9 Å². The van der Waals surface area contributed by atoms with E-state index in [1.807, 2.05) is 12.1 Å². The first-order valence-electron chi connectivity index (χ1n) is 9.84. The molecule has 4 heteroatoms. The third-order valence-electron chi connectivity index (χ3n) is 4.96. The van der Waals surface area contributed by atoms with Gasteiger partial charge in [-0.3, -0.25) is 4.79 Å². The van der Waals surface area contributed by atoms with Gasteiger partial charge in [0, 0.05) is 30.4 Å². The Balaban J connectivity index is 1.60. The van der Waals surface area contributed by atoms with Crippen LogP contribution in [0.5, 0.6) is 0 Å². The zero-order valence-corrected chi connectivity index (χ0v) is 16.1. The lowest BCUT2D eigenvalue weighted by Gasteiger charge is -2.08. The fourth-order valence-electron chi connectivity index (χ4n) is 3.38. The van der Waals surface area contributed by atoms with Gasteiger partial charge in [-0.2, -0.15) is 0 Å². The summed E-state index contributed by atoms with van der Waals surface area (Å²) >= 11 is 0. The number of nitrogens with two attached hydrogens (primary N) is 1. The van der Waals surface area contributed by atoms with Gasteiger partial charge in [-0.15, -0.1) is 0 Å². The average Bonchev–Trinajstić information content (AvgIpc) is 3.07. The number of carbonyl (C=O) groups is 1. The Morgan fingerprint density at radius 2 is 1.78 bits per heavy atom. The first-order chi connectivity index (χ1) is 13.2. The molecule has 0 atom stereocenters. The number of rotatable bonds is 10. The third kappa shape index (κ3) is 5.20. The Labute approximate surface area is 161 Å². The fourth-order valence-corrected chi connectivity index (χ4v) is 3.38. The summed E-state index contributed by atoms with van der Waals surface area (Å²) in [7, 11) is 0. The molecular formula is C23H29N3O. The number of primary amides is 1. The van der Waals surface area contributed by atoms with Crippen molar-refractivity contribution in [3.63, 3.8) is 0 Å². The third-order valence-corrected chi connectivity index (χ3v) is 4.96. The van der Waals surface area contributed by atoms with Crippen molar-refractivity contribution in [2.24, 2.45) is 5.73 Å². The Morgan fingerprint density at radius 1 is 1.00 bits per heavy atom. The average molecular weight is 364 g/mol. The molecule has 0 aliphatic carbocycles. The van der Waals surface area contributed by atoms with Crippen molar-refractivity contribution in [2.45, 2.75) is 45.7 Å². The number of hydrogen-bond acceptors (Lipinski definition) is 2. The summed E-state index contributed by atoms with van der Waals surface area (Å²) in [6, 6.07) is 16.3. The van der Waals surface area contributed by atoms with E-state index in [4.69, 9.17) is 5.73 Å². The van der Waals surface area contributed by atoms with Crippen LogP contribution < -0.4 is 11.1 Å². The number of unbranched alkanes of at least 4 members (excludes halogenated alkanes) is 3. The number of amides is 1. The van der Waals surface area contributed by atoms with Crippen LogP contribution in [0, 0.1) is 0 Å². The van der Waals surface area contributed by atoms with Gasteiger partial charge >= 0.3 is 0 Å². The SMILES string of the molecule is CCCCCCNCc1ccc2c(ccn2Cc2ccc(C(N)=O)cc2)c1. The lowest BCUT2D eigenvalue weighted by atomic mass is 10.1. The maximum Gasteiger partial charge on any atom is 0.248 e. The number of benzene rings is 2. The second-order valence-electron chi connectivity index (χ2n) is 7.14. The van der Waals surface area contributed by atoms with Gasteiger partial charge in [-0.05, 0) is 59.8 Å². The molecular weight excluding hydrogens is 334 g/mol. The van der Waals surface area contributed by atoms with Crippen LogP contribution in [0.15, 0.2) is 54.7 Å². The number of fused-ring (bicyclic) bond motifs is 1. The van der Waals surface area contributed by atoms with Crippen molar-refractivity contribution in [1.82, 2.24) is 9.88 Å². The van der Waals surface area contributed by atoms with Crippen molar-refractivity contribution in [3.8, 4) is 0 Å². The molecule has 1 heterocycles. The van der Waals surface area contributed by atoms with Crippen LogP contribution in [0.1, 0.15) is 54.1 Å². The first kappa shape index (κ1) is 19.2. The predicted octanol–water partition coefficient (Wildman–Crippen LogP) is 4.46. The van der Waals surface area contributed by atoms with Gasteiger partial charge in [0.05, 0.1) is 0 Å². The quantitative estimate of drug-likeness (QED) is 0.523. The molecule has 0 aliphatic rings. The van der Waals surface area contributed by atoms with Crippen LogP contribution >= 0.6 is 0 Å². The normalized spacial score (nSPS) is 11.1. The molecule has 0 unspecified atom stereocenters. The van der Waals surface area contributed by atoms with Gasteiger partial charge in [-0.1, -0.05) is 44.4 Å². The second kappa shape index (κ2) is 9.38. The van der Waals surface area contributed by atoms with E-state index < -0.39 is 0 Å². The number of carbonyl (C=O) groups excluding carboxylic acids is 1. The topological polar surface area (TPSA) is 60.1 Å². The molecule has 4 nitrogen and oxygen atoms in total. The number of hydrogen-bond donors (Lipinski definition) is 2. The van der Waals surface area contributed by atoms with E-state index in [1.54, 1.807) is 12.1 Å². The minimum atomic E-state index is -0.389. The zero-order valence-electron chi connectivity index (χ0n) is 16.1. The van der Waals surface area contributed by atoms with Gasteiger partial charge < -0.3 is 15.6 Å². The predicted molar refractivity (Wildman–Crippen MR) is 112 cm³/mol. The van der Waals surface area contributed by atoms with Gasteiger partial charge in [0.25, 0.3) is 0 Å². The highest BCUT2D eigenvalue weighted by molar-refractivity contribution is 5.92. The molecule has 1 amide bonds. The Hall–Kier alpha value is -2.59.